The largest absolute Gasteiger partial charge is 0.381 e. The highest BCUT2D eigenvalue weighted by Crippen LogP contribution is 2.14. The van der Waals surface area contributed by atoms with Crippen LogP contribution in [0.15, 0.2) is 0 Å². The second-order valence-electron chi connectivity index (χ2n) is 4.02. The van der Waals surface area contributed by atoms with E-state index < -0.39 is 0 Å². The zero-order valence-corrected chi connectivity index (χ0v) is 10.0. The molecule has 0 saturated heterocycles. The standard InChI is InChI=1S/C12H19N3O/c1-3-16-7-5-12-14-9(2)10-8-13-6-4-11(10)15-12/h13H,3-8H2,1-2H3. The maximum absolute atomic E-state index is 5.33. The first-order chi connectivity index (χ1) is 7.81. The highest BCUT2D eigenvalue weighted by atomic mass is 16.5. The van der Waals surface area contributed by atoms with Gasteiger partial charge in [-0.05, 0) is 13.8 Å². The molecule has 4 nitrogen and oxygen atoms in total. The molecule has 0 radical (unpaired) electrons. The van der Waals surface area contributed by atoms with Crippen molar-refractivity contribution in [3.8, 4) is 0 Å². The third-order valence-corrected chi connectivity index (χ3v) is 2.86. The summed E-state index contributed by atoms with van der Waals surface area (Å²) in [5.74, 6) is 0.923. The maximum Gasteiger partial charge on any atom is 0.131 e. The molecule has 1 aromatic rings. The Morgan fingerprint density at radius 1 is 1.38 bits per heavy atom. The van der Waals surface area contributed by atoms with Gasteiger partial charge in [0.25, 0.3) is 0 Å². The minimum absolute atomic E-state index is 0.715. The Hall–Kier alpha value is -1.00. The fraction of sp³-hybridized carbons (Fsp3) is 0.667. The topological polar surface area (TPSA) is 47.0 Å². The molecule has 4 heteroatoms. The van der Waals surface area contributed by atoms with Crippen LogP contribution in [0.3, 0.4) is 0 Å². The molecule has 1 aromatic heterocycles. The lowest BCUT2D eigenvalue weighted by Crippen LogP contribution is -2.26. The minimum Gasteiger partial charge on any atom is -0.381 e. The maximum atomic E-state index is 5.33. The molecule has 0 aromatic carbocycles. The van der Waals surface area contributed by atoms with E-state index in [0.29, 0.717) is 6.61 Å². The Balaban J connectivity index is 2.12. The molecule has 0 bridgehead atoms. The SMILES string of the molecule is CCOCCc1nc(C)c2c(n1)CCNC2. The van der Waals surface area contributed by atoms with Crippen LogP contribution in [0.5, 0.6) is 0 Å². The summed E-state index contributed by atoms with van der Waals surface area (Å²) in [5.41, 5.74) is 3.62. The fourth-order valence-corrected chi connectivity index (χ4v) is 1.99. The number of fused-ring (bicyclic) bond motifs is 1. The smallest absolute Gasteiger partial charge is 0.131 e. The summed E-state index contributed by atoms with van der Waals surface area (Å²) in [5, 5.41) is 3.35. The van der Waals surface area contributed by atoms with Gasteiger partial charge in [0.15, 0.2) is 0 Å². The lowest BCUT2D eigenvalue weighted by Gasteiger charge is -2.18. The third-order valence-electron chi connectivity index (χ3n) is 2.86. The van der Waals surface area contributed by atoms with Gasteiger partial charge in [0.05, 0.1) is 12.3 Å². The summed E-state index contributed by atoms with van der Waals surface area (Å²) >= 11 is 0. The molecule has 0 aliphatic carbocycles. The summed E-state index contributed by atoms with van der Waals surface area (Å²) in [4.78, 5) is 9.14. The normalized spacial score (nSPS) is 14.9. The van der Waals surface area contributed by atoms with Gasteiger partial charge in [-0.2, -0.15) is 0 Å². The molecule has 0 fully saturated rings. The van der Waals surface area contributed by atoms with E-state index in [0.717, 1.165) is 44.1 Å². The third kappa shape index (κ3) is 2.57. The van der Waals surface area contributed by atoms with E-state index >= 15 is 0 Å². The van der Waals surface area contributed by atoms with Crippen LogP contribution in [0.25, 0.3) is 0 Å². The Labute approximate surface area is 96.4 Å². The molecule has 16 heavy (non-hydrogen) atoms. The van der Waals surface area contributed by atoms with Crippen LogP contribution in [0.4, 0.5) is 0 Å². The van der Waals surface area contributed by atoms with Crippen molar-refractivity contribution in [3.05, 3.63) is 22.8 Å². The second kappa shape index (κ2) is 5.37. The highest BCUT2D eigenvalue weighted by Gasteiger charge is 2.14. The summed E-state index contributed by atoms with van der Waals surface area (Å²) in [7, 11) is 0. The van der Waals surface area contributed by atoms with Gasteiger partial charge in [0.2, 0.25) is 0 Å². The van der Waals surface area contributed by atoms with Crippen LogP contribution < -0.4 is 5.32 Å². The minimum atomic E-state index is 0.715. The van der Waals surface area contributed by atoms with E-state index in [-0.39, 0.29) is 0 Å². The number of aromatic nitrogens is 2. The molecule has 1 aliphatic rings. The first-order valence-corrected chi connectivity index (χ1v) is 5.95. The van der Waals surface area contributed by atoms with Crippen molar-refractivity contribution < 1.29 is 4.74 Å². The Morgan fingerprint density at radius 2 is 2.25 bits per heavy atom. The van der Waals surface area contributed by atoms with Crippen LogP contribution in [0, 0.1) is 6.92 Å². The van der Waals surface area contributed by atoms with Crippen LogP contribution in [0.2, 0.25) is 0 Å². The molecular weight excluding hydrogens is 202 g/mol. The summed E-state index contributed by atoms with van der Waals surface area (Å²) in [6, 6.07) is 0. The van der Waals surface area contributed by atoms with Gasteiger partial charge in [-0.3, -0.25) is 0 Å². The van der Waals surface area contributed by atoms with E-state index in [1.54, 1.807) is 0 Å². The van der Waals surface area contributed by atoms with Gasteiger partial charge in [0, 0.05) is 43.8 Å². The average molecular weight is 221 g/mol. The lowest BCUT2D eigenvalue weighted by atomic mass is 10.1. The van der Waals surface area contributed by atoms with Crippen LogP contribution >= 0.6 is 0 Å². The molecule has 2 rings (SSSR count). The van der Waals surface area contributed by atoms with Gasteiger partial charge in [0.1, 0.15) is 5.82 Å². The molecule has 0 amide bonds. The van der Waals surface area contributed by atoms with Gasteiger partial charge in [-0.1, -0.05) is 0 Å². The van der Waals surface area contributed by atoms with E-state index in [2.05, 4.69) is 22.2 Å². The Morgan fingerprint density at radius 3 is 3.06 bits per heavy atom. The molecular formula is C12H19N3O. The highest BCUT2D eigenvalue weighted by molar-refractivity contribution is 5.27. The van der Waals surface area contributed by atoms with E-state index in [1.165, 1.54) is 11.3 Å². The fourth-order valence-electron chi connectivity index (χ4n) is 1.99. The van der Waals surface area contributed by atoms with Crippen molar-refractivity contribution in [2.24, 2.45) is 0 Å². The zero-order chi connectivity index (χ0) is 11.4. The molecule has 2 heterocycles. The van der Waals surface area contributed by atoms with E-state index in [1.807, 2.05) is 6.92 Å². The lowest BCUT2D eigenvalue weighted by molar-refractivity contribution is 0.149. The quantitative estimate of drug-likeness (QED) is 0.771. The monoisotopic (exact) mass is 221 g/mol. The molecule has 1 aliphatic heterocycles. The Bertz CT molecular complexity index is 366. The molecule has 0 unspecified atom stereocenters. The predicted octanol–water partition coefficient (Wildman–Crippen LogP) is 1.01. The number of hydrogen-bond acceptors (Lipinski definition) is 4. The van der Waals surface area contributed by atoms with Gasteiger partial charge >= 0.3 is 0 Å². The Kier molecular flexibility index (Phi) is 3.85. The summed E-state index contributed by atoms with van der Waals surface area (Å²) in [6.45, 7) is 7.48. The summed E-state index contributed by atoms with van der Waals surface area (Å²) in [6.07, 6.45) is 1.83. The van der Waals surface area contributed by atoms with Gasteiger partial charge < -0.3 is 10.1 Å². The second-order valence-corrected chi connectivity index (χ2v) is 4.02. The molecule has 0 spiro atoms. The summed E-state index contributed by atoms with van der Waals surface area (Å²) < 4.78 is 5.33. The predicted molar refractivity (Wildman–Crippen MR) is 62.4 cm³/mol. The number of ether oxygens (including phenoxy) is 1. The van der Waals surface area contributed by atoms with Crippen molar-refractivity contribution in [2.45, 2.75) is 33.2 Å². The molecule has 0 atom stereocenters. The molecule has 0 saturated carbocycles. The number of nitrogens with zero attached hydrogens (tertiary/aromatic N) is 2. The number of hydrogen-bond donors (Lipinski definition) is 1. The molecule has 88 valence electrons. The van der Waals surface area contributed by atoms with Crippen LogP contribution in [0.1, 0.15) is 29.7 Å². The van der Waals surface area contributed by atoms with Crippen molar-refractivity contribution >= 4 is 0 Å². The first kappa shape index (κ1) is 11.5. The average Bonchev–Trinajstić information content (AvgIpc) is 2.30. The van der Waals surface area contributed by atoms with Crippen molar-refractivity contribution in [3.63, 3.8) is 0 Å². The number of aryl methyl sites for hydroxylation is 1. The van der Waals surface area contributed by atoms with E-state index in [4.69, 9.17) is 4.74 Å². The van der Waals surface area contributed by atoms with Crippen LogP contribution in [-0.2, 0) is 24.1 Å². The number of nitrogens with one attached hydrogen (secondary N) is 1. The van der Waals surface area contributed by atoms with Crippen LogP contribution in [-0.4, -0.2) is 29.7 Å². The zero-order valence-electron chi connectivity index (χ0n) is 10.0. The number of rotatable bonds is 4. The van der Waals surface area contributed by atoms with E-state index in [9.17, 15) is 0 Å². The van der Waals surface area contributed by atoms with Gasteiger partial charge in [-0.25, -0.2) is 9.97 Å². The van der Waals surface area contributed by atoms with Crippen molar-refractivity contribution in [1.29, 1.82) is 0 Å². The van der Waals surface area contributed by atoms with Crippen molar-refractivity contribution in [2.75, 3.05) is 19.8 Å². The van der Waals surface area contributed by atoms with Crippen molar-refractivity contribution in [1.82, 2.24) is 15.3 Å². The molecule has 1 N–H and O–H groups in total. The van der Waals surface area contributed by atoms with Gasteiger partial charge in [-0.15, -0.1) is 0 Å². The first-order valence-electron chi connectivity index (χ1n) is 5.95.